The second kappa shape index (κ2) is 7.29. The lowest BCUT2D eigenvalue weighted by atomic mass is 10.0. The van der Waals surface area contributed by atoms with Crippen molar-refractivity contribution >= 4 is 0 Å². The Hall–Kier alpha value is -0.0800. The minimum atomic E-state index is 0.699. The van der Waals surface area contributed by atoms with Crippen LogP contribution in [0.25, 0.3) is 0 Å². The highest BCUT2D eigenvalue weighted by Crippen LogP contribution is 2.18. The molecule has 1 saturated heterocycles. The van der Waals surface area contributed by atoms with Crippen molar-refractivity contribution in [1.29, 1.82) is 0 Å². The van der Waals surface area contributed by atoms with Crippen LogP contribution in [0.1, 0.15) is 53.4 Å². The SMILES string of the molecule is CCCCCN(CC1CCNC1C)C(C)C. The second-order valence-corrected chi connectivity index (χ2v) is 5.59. The third kappa shape index (κ3) is 4.42. The lowest BCUT2D eigenvalue weighted by Crippen LogP contribution is -2.39. The largest absolute Gasteiger partial charge is 0.314 e. The molecule has 0 amide bonds. The highest BCUT2D eigenvalue weighted by atomic mass is 15.2. The van der Waals surface area contributed by atoms with Crippen LogP contribution in [0.2, 0.25) is 0 Å². The summed E-state index contributed by atoms with van der Waals surface area (Å²) in [4.78, 5) is 2.67. The van der Waals surface area contributed by atoms with Gasteiger partial charge in [0.25, 0.3) is 0 Å². The standard InChI is InChI=1S/C14H30N2/c1-5-6-7-10-16(12(2)3)11-14-8-9-15-13(14)4/h12-15H,5-11H2,1-4H3. The van der Waals surface area contributed by atoms with E-state index >= 15 is 0 Å². The van der Waals surface area contributed by atoms with Gasteiger partial charge in [-0.2, -0.15) is 0 Å². The van der Waals surface area contributed by atoms with E-state index in [-0.39, 0.29) is 0 Å². The molecule has 0 aromatic rings. The molecule has 0 saturated carbocycles. The summed E-state index contributed by atoms with van der Waals surface area (Å²) in [6.07, 6.45) is 5.43. The van der Waals surface area contributed by atoms with E-state index in [1.165, 1.54) is 45.3 Å². The van der Waals surface area contributed by atoms with Crippen molar-refractivity contribution in [1.82, 2.24) is 10.2 Å². The van der Waals surface area contributed by atoms with Crippen LogP contribution in [-0.4, -0.2) is 36.6 Å². The molecule has 1 N–H and O–H groups in total. The van der Waals surface area contributed by atoms with Crippen LogP contribution in [0.15, 0.2) is 0 Å². The van der Waals surface area contributed by atoms with Gasteiger partial charge in [-0.25, -0.2) is 0 Å². The van der Waals surface area contributed by atoms with Crippen LogP contribution in [0.3, 0.4) is 0 Å². The second-order valence-electron chi connectivity index (χ2n) is 5.59. The van der Waals surface area contributed by atoms with Crippen LogP contribution in [0, 0.1) is 5.92 Å². The van der Waals surface area contributed by atoms with E-state index in [2.05, 4.69) is 37.9 Å². The fraction of sp³-hybridized carbons (Fsp3) is 1.00. The molecule has 0 aromatic heterocycles. The summed E-state index contributed by atoms with van der Waals surface area (Å²) in [5, 5.41) is 3.55. The molecule has 1 aliphatic rings. The average molecular weight is 226 g/mol. The smallest absolute Gasteiger partial charge is 0.00796 e. The Balaban J connectivity index is 2.32. The fourth-order valence-corrected chi connectivity index (χ4v) is 2.59. The number of rotatable bonds is 7. The van der Waals surface area contributed by atoms with Gasteiger partial charge in [-0.15, -0.1) is 0 Å². The third-order valence-electron chi connectivity index (χ3n) is 3.94. The normalized spacial score (nSPS) is 25.9. The summed E-state index contributed by atoms with van der Waals surface area (Å²) in [6.45, 7) is 13.1. The molecule has 0 bridgehead atoms. The molecular weight excluding hydrogens is 196 g/mol. The topological polar surface area (TPSA) is 15.3 Å². The Bertz CT molecular complexity index is 180. The summed E-state index contributed by atoms with van der Waals surface area (Å²) >= 11 is 0. The van der Waals surface area contributed by atoms with Crippen molar-refractivity contribution in [3.05, 3.63) is 0 Å². The molecule has 2 unspecified atom stereocenters. The molecule has 16 heavy (non-hydrogen) atoms. The van der Waals surface area contributed by atoms with E-state index in [9.17, 15) is 0 Å². The molecule has 2 nitrogen and oxygen atoms in total. The fourth-order valence-electron chi connectivity index (χ4n) is 2.59. The molecule has 1 heterocycles. The van der Waals surface area contributed by atoms with Crippen LogP contribution in [-0.2, 0) is 0 Å². The lowest BCUT2D eigenvalue weighted by Gasteiger charge is -2.30. The van der Waals surface area contributed by atoms with Crippen molar-refractivity contribution in [3.8, 4) is 0 Å². The predicted octanol–water partition coefficient (Wildman–Crippen LogP) is 2.89. The predicted molar refractivity (Wildman–Crippen MR) is 71.8 cm³/mol. The highest BCUT2D eigenvalue weighted by molar-refractivity contribution is 4.83. The Morgan fingerprint density at radius 3 is 2.56 bits per heavy atom. The molecule has 0 radical (unpaired) electrons. The molecule has 1 fully saturated rings. The summed E-state index contributed by atoms with van der Waals surface area (Å²) in [6, 6.07) is 1.41. The summed E-state index contributed by atoms with van der Waals surface area (Å²) in [5.74, 6) is 0.865. The van der Waals surface area contributed by atoms with Gasteiger partial charge in [0.2, 0.25) is 0 Å². The summed E-state index contributed by atoms with van der Waals surface area (Å²) in [5.41, 5.74) is 0. The first-order valence-corrected chi connectivity index (χ1v) is 7.12. The minimum absolute atomic E-state index is 0.699. The van der Waals surface area contributed by atoms with E-state index in [0.717, 1.165) is 5.92 Å². The summed E-state index contributed by atoms with van der Waals surface area (Å²) < 4.78 is 0. The molecule has 96 valence electrons. The number of hydrogen-bond acceptors (Lipinski definition) is 2. The number of hydrogen-bond donors (Lipinski definition) is 1. The zero-order chi connectivity index (χ0) is 12.0. The first-order valence-electron chi connectivity index (χ1n) is 7.12. The first-order chi connectivity index (χ1) is 7.65. The van der Waals surface area contributed by atoms with Crippen LogP contribution >= 0.6 is 0 Å². The van der Waals surface area contributed by atoms with Crippen molar-refractivity contribution in [2.75, 3.05) is 19.6 Å². The van der Waals surface area contributed by atoms with Gasteiger partial charge in [0.05, 0.1) is 0 Å². The van der Waals surface area contributed by atoms with Crippen LogP contribution in [0.5, 0.6) is 0 Å². The van der Waals surface area contributed by atoms with Gasteiger partial charge in [0, 0.05) is 18.6 Å². The highest BCUT2D eigenvalue weighted by Gasteiger charge is 2.25. The maximum absolute atomic E-state index is 3.55. The Kier molecular flexibility index (Phi) is 6.37. The first kappa shape index (κ1) is 14.0. The Morgan fingerprint density at radius 1 is 1.31 bits per heavy atom. The van der Waals surface area contributed by atoms with Gasteiger partial charge in [0.15, 0.2) is 0 Å². The van der Waals surface area contributed by atoms with E-state index in [1.807, 2.05) is 0 Å². The minimum Gasteiger partial charge on any atom is -0.314 e. The third-order valence-corrected chi connectivity index (χ3v) is 3.94. The molecule has 0 spiro atoms. The maximum atomic E-state index is 3.55. The van der Waals surface area contributed by atoms with Gasteiger partial charge < -0.3 is 10.2 Å². The van der Waals surface area contributed by atoms with Crippen LogP contribution < -0.4 is 5.32 Å². The van der Waals surface area contributed by atoms with Gasteiger partial charge in [-0.3, -0.25) is 0 Å². The van der Waals surface area contributed by atoms with Crippen molar-refractivity contribution in [2.24, 2.45) is 5.92 Å². The Labute approximate surface area is 102 Å². The monoisotopic (exact) mass is 226 g/mol. The Morgan fingerprint density at radius 2 is 2.06 bits per heavy atom. The maximum Gasteiger partial charge on any atom is 0.00796 e. The molecule has 1 aliphatic heterocycles. The van der Waals surface area contributed by atoms with E-state index < -0.39 is 0 Å². The van der Waals surface area contributed by atoms with Crippen molar-refractivity contribution in [3.63, 3.8) is 0 Å². The number of unbranched alkanes of at least 4 members (excludes halogenated alkanes) is 2. The van der Waals surface area contributed by atoms with Gasteiger partial charge in [0.1, 0.15) is 0 Å². The number of nitrogens with one attached hydrogen (secondary N) is 1. The quantitative estimate of drug-likeness (QED) is 0.672. The molecule has 0 aromatic carbocycles. The van der Waals surface area contributed by atoms with Crippen molar-refractivity contribution in [2.45, 2.75) is 65.5 Å². The van der Waals surface area contributed by atoms with E-state index in [4.69, 9.17) is 0 Å². The van der Waals surface area contributed by atoms with Gasteiger partial charge in [-0.05, 0) is 52.6 Å². The van der Waals surface area contributed by atoms with Gasteiger partial charge in [-0.1, -0.05) is 19.8 Å². The van der Waals surface area contributed by atoms with E-state index in [0.29, 0.717) is 12.1 Å². The molecule has 1 rings (SSSR count). The molecular formula is C14H30N2. The molecule has 2 heteroatoms. The zero-order valence-corrected chi connectivity index (χ0v) is 11.6. The zero-order valence-electron chi connectivity index (χ0n) is 11.6. The number of nitrogens with zero attached hydrogens (tertiary/aromatic N) is 1. The lowest BCUT2D eigenvalue weighted by molar-refractivity contribution is 0.178. The van der Waals surface area contributed by atoms with Crippen molar-refractivity contribution < 1.29 is 0 Å². The molecule has 0 aliphatic carbocycles. The van der Waals surface area contributed by atoms with E-state index in [1.54, 1.807) is 0 Å². The van der Waals surface area contributed by atoms with Crippen LogP contribution in [0.4, 0.5) is 0 Å². The van der Waals surface area contributed by atoms with Gasteiger partial charge >= 0.3 is 0 Å². The molecule has 2 atom stereocenters. The average Bonchev–Trinajstić information content (AvgIpc) is 2.63. The summed E-state index contributed by atoms with van der Waals surface area (Å²) in [7, 11) is 0.